The Bertz CT molecular complexity index is 529. The number of nitrogens with one attached hydrogen (secondary N) is 1. The van der Waals surface area contributed by atoms with Gasteiger partial charge in [-0.1, -0.05) is 19.9 Å². The van der Waals surface area contributed by atoms with Gasteiger partial charge in [-0.2, -0.15) is 0 Å². The van der Waals surface area contributed by atoms with Crippen molar-refractivity contribution >= 4 is 10.0 Å². The third kappa shape index (κ3) is 4.89. The number of sulfonamides is 1. The summed E-state index contributed by atoms with van der Waals surface area (Å²) in [7, 11) is -3.85. The minimum atomic E-state index is -3.85. The maximum absolute atomic E-state index is 13.5. The van der Waals surface area contributed by atoms with Crippen LogP contribution < -0.4 is 10.5 Å². The summed E-state index contributed by atoms with van der Waals surface area (Å²) in [4.78, 5) is -0.329. The smallest absolute Gasteiger partial charge is 0.243 e. The van der Waals surface area contributed by atoms with Gasteiger partial charge in [0, 0.05) is 12.6 Å². The fourth-order valence-electron chi connectivity index (χ4n) is 1.80. The monoisotopic (exact) mass is 288 g/mol. The van der Waals surface area contributed by atoms with Crippen molar-refractivity contribution in [2.75, 3.05) is 6.54 Å². The molecule has 0 radical (unpaired) electrons. The van der Waals surface area contributed by atoms with Crippen LogP contribution in [-0.4, -0.2) is 21.0 Å². The average molecular weight is 288 g/mol. The van der Waals surface area contributed by atoms with E-state index in [9.17, 15) is 12.8 Å². The van der Waals surface area contributed by atoms with Crippen molar-refractivity contribution < 1.29 is 12.8 Å². The van der Waals surface area contributed by atoms with Crippen molar-refractivity contribution in [1.29, 1.82) is 0 Å². The van der Waals surface area contributed by atoms with E-state index in [0.29, 0.717) is 17.9 Å². The number of aryl methyl sites for hydroxylation is 1. The quantitative estimate of drug-likeness (QED) is 0.838. The van der Waals surface area contributed by atoms with Crippen molar-refractivity contribution in [2.24, 2.45) is 11.7 Å². The zero-order valence-electron chi connectivity index (χ0n) is 11.5. The second-order valence-corrected chi connectivity index (χ2v) is 6.91. The topological polar surface area (TPSA) is 72.2 Å². The molecule has 0 amide bonds. The molecule has 0 fully saturated rings. The first-order chi connectivity index (χ1) is 8.72. The first-order valence-corrected chi connectivity index (χ1v) is 7.72. The SMILES string of the molecule is Cc1ccc(F)c(S(=O)(=O)NCC(N)CC(C)C)c1. The highest BCUT2D eigenvalue weighted by atomic mass is 32.2. The van der Waals surface area contributed by atoms with Gasteiger partial charge in [-0.05, 0) is 37.0 Å². The van der Waals surface area contributed by atoms with Crippen molar-refractivity contribution in [3.05, 3.63) is 29.6 Å². The number of rotatable bonds is 6. The second-order valence-electron chi connectivity index (χ2n) is 5.18. The fraction of sp³-hybridized carbons (Fsp3) is 0.538. The minimum absolute atomic E-state index is 0.105. The molecule has 0 aromatic heterocycles. The lowest BCUT2D eigenvalue weighted by Crippen LogP contribution is -2.38. The molecule has 4 nitrogen and oxygen atoms in total. The Kier molecular flexibility index (Phi) is 5.46. The average Bonchev–Trinajstić information content (AvgIpc) is 2.29. The van der Waals surface area contributed by atoms with E-state index in [1.165, 1.54) is 12.1 Å². The number of benzene rings is 1. The highest BCUT2D eigenvalue weighted by Gasteiger charge is 2.20. The summed E-state index contributed by atoms with van der Waals surface area (Å²) >= 11 is 0. The summed E-state index contributed by atoms with van der Waals surface area (Å²) in [5.41, 5.74) is 6.50. The van der Waals surface area contributed by atoms with Gasteiger partial charge < -0.3 is 5.73 Å². The fourth-order valence-corrected chi connectivity index (χ4v) is 3.05. The van der Waals surface area contributed by atoms with Crippen molar-refractivity contribution in [2.45, 2.75) is 38.1 Å². The molecule has 0 heterocycles. The predicted molar refractivity (Wildman–Crippen MR) is 73.8 cm³/mol. The van der Waals surface area contributed by atoms with Crippen LogP contribution in [0.2, 0.25) is 0 Å². The predicted octanol–water partition coefficient (Wildman–Crippen LogP) is 1.79. The van der Waals surface area contributed by atoms with Gasteiger partial charge in [-0.3, -0.25) is 0 Å². The van der Waals surface area contributed by atoms with Crippen LogP contribution in [0.15, 0.2) is 23.1 Å². The van der Waals surface area contributed by atoms with E-state index in [2.05, 4.69) is 4.72 Å². The first kappa shape index (κ1) is 16.1. The molecule has 0 saturated heterocycles. The van der Waals surface area contributed by atoms with E-state index in [-0.39, 0.29) is 17.5 Å². The Hall–Kier alpha value is -0.980. The molecule has 1 atom stereocenters. The first-order valence-electron chi connectivity index (χ1n) is 6.23. The molecule has 1 rings (SSSR count). The summed E-state index contributed by atoms with van der Waals surface area (Å²) < 4.78 is 39.9. The third-order valence-electron chi connectivity index (χ3n) is 2.69. The Labute approximate surface area is 114 Å². The molecule has 1 aromatic carbocycles. The van der Waals surface area contributed by atoms with Gasteiger partial charge in [-0.25, -0.2) is 17.5 Å². The van der Waals surface area contributed by atoms with Crippen LogP contribution in [0.4, 0.5) is 4.39 Å². The maximum Gasteiger partial charge on any atom is 0.243 e. The maximum atomic E-state index is 13.5. The Morgan fingerprint density at radius 1 is 1.37 bits per heavy atom. The molecule has 1 unspecified atom stereocenters. The molecule has 19 heavy (non-hydrogen) atoms. The van der Waals surface area contributed by atoms with Gasteiger partial charge in [0.1, 0.15) is 10.7 Å². The summed E-state index contributed by atoms with van der Waals surface area (Å²) in [5.74, 6) is -0.370. The number of halogens is 1. The Morgan fingerprint density at radius 3 is 2.58 bits per heavy atom. The summed E-state index contributed by atoms with van der Waals surface area (Å²) in [5, 5.41) is 0. The van der Waals surface area contributed by atoms with Crippen LogP contribution in [0.1, 0.15) is 25.8 Å². The molecule has 0 saturated carbocycles. The summed E-state index contributed by atoms with van der Waals surface area (Å²) in [6.07, 6.45) is 0.707. The lowest BCUT2D eigenvalue weighted by Gasteiger charge is -2.15. The van der Waals surface area contributed by atoms with Crippen molar-refractivity contribution in [1.82, 2.24) is 4.72 Å². The van der Waals surface area contributed by atoms with Gasteiger partial charge in [0.05, 0.1) is 0 Å². The molecule has 3 N–H and O–H groups in total. The van der Waals surface area contributed by atoms with E-state index in [1.807, 2.05) is 13.8 Å². The highest BCUT2D eigenvalue weighted by molar-refractivity contribution is 7.89. The van der Waals surface area contributed by atoms with Crippen LogP contribution >= 0.6 is 0 Å². The summed E-state index contributed by atoms with van der Waals surface area (Å²) in [6.45, 7) is 5.83. The molecule has 0 aliphatic rings. The molecule has 0 aliphatic heterocycles. The van der Waals surface area contributed by atoms with Gasteiger partial charge in [0.15, 0.2) is 0 Å². The zero-order chi connectivity index (χ0) is 14.6. The van der Waals surface area contributed by atoms with Crippen LogP contribution in [0.3, 0.4) is 0 Å². The molecular weight excluding hydrogens is 267 g/mol. The number of hydrogen-bond donors (Lipinski definition) is 2. The Balaban J connectivity index is 2.79. The second kappa shape index (κ2) is 6.45. The number of hydrogen-bond acceptors (Lipinski definition) is 3. The molecule has 0 aliphatic carbocycles. The lowest BCUT2D eigenvalue weighted by molar-refractivity contribution is 0.484. The van der Waals surface area contributed by atoms with Gasteiger partial charge in [0.25, 0.3) is 0 Å². The highest BCUT2D eigenvalue weighted by Crippen LogP contribution is 2.16. The number of nitrogens with two attached hydrogens (primary N) is 1. The van der Waals surface area contributed by atoms with E-state index in [0.717, 1.165) is 6.07 Å². The van der Waals surface area contributed by atoms with Crippen LogP contribution in [0, 0.1) is 18.7 Å². The minimum Gasteiger partial charge on any atom is -0.327 e. The van der Waals surface area contributed by atoms with Crippen molar-refractivity contribution in [3.8, 4) is 0 Å². The Morgan fingerprint density at radius 2 is 2.00 bits per heavy atom. The summed E-state index contributed by atoms with van der Waals surface area (Å²) in [6, 6.07) is 3.71. The van der Waals surface area contributed by atoms with Crippen molar-refractivity contribution in [3.63, 3.8) is 0 Å². The van der Waals surface area contributed by atoms with Gasteiger partial charge in [-0.15, -0.1) is 0 Å². The standard InChI is InChI=1S/C13H21FN2O2S/c1-9(2)6-11(15)8-16-19(17,18)13-7-10(3)4-5-12(13)14/h4-5,7,9,11,16H,6,8,15H2,1-3H3. The normalized spacial score (nSPS) is 13.8. The molecule has 1 aromatic rings. The zero-order valence-corrected chi connectivity index (χ0v) is 12.3. The van der Waals surface area contributed by atoms with E-state index in [4.69, 9.17) is 5.73 Å². The largest absolute Gasteiger partial charge is 0.327 e. The lowest BCUT2D eigenvalue weighted by atomic mass is 10.1. The molecule has 0 spiro atoms. The molecular formula is C13H21FN2O2S. The van der Waals surface area contributed by atoms with Crippen LogP contribution in [0.25, 0.3) is 0 Å². The van der Waals surface area contributed by atoms with Gasteiger partial charge in [0.2, 0.25) is 10.0 Å². The van der Waals surface area contributed by atoms with E-state index < -0.39 is 15.8 Å². The van der Waals surface area contributed by atoms with E-state index >= 15 is 0 Å². The van der Waals surface area contributed by atoms with Gasteiger partial charge >= 0.3 is 0 Å². The molecule has 108 valence electrons. The van der Waals surface area contributed by atoms with Crippen LogP contribution in [0.5, 0.6) is 0 Å². The molecule has 0 bridgehead atoms. The van der Waals surface area contributed by atoms with Crippen LogP contribution in [-0.2, 0) is 10.0 Å². The molecule has 6 heteroatoms. The third-order valence-corrected chi connectivity index (χ3v) is 4.12. The van der Waals surface area contributed by atoms with E-state index in [1.54, 1.807) is 6.92 Å².